The summed E-state index contributed by atoms with van der Waals surface area (Å²) in [5.41, 5.74) is 2.77. The topological polar surface area (TPSA) is 38.8 Å². The Morgan fingerprint density at radius 1 is 1.35 bits per heavy atom. The lowest BCUT2D eigenvalue weighted by atomic mass is 9.99. The summed E-state index contributed by atoms with van der Waals surface area (Å²) < 4.78 is 1.63. The van der Waals surface area contributed by atoms with Crippen molar-refractivity contribution in [1.29, 1.82) is 0 Å². The van der Waals surface area contributed by atoms with E-state index < -0.39 is 0 Å². The molecule has 0 bridgehead atoms. The lowest BCUT2D eigenvalue weighted by Crippen LogP contribution is -3.11. The highest BCUT2D eigenvalue weighted by atomic mass is 16.1. The molecule has 0 saturated carbocycles. The fraction of sp³-hybridized carbons (Fsp3) is 0.500. The van der Waals surface area contributed by atoms with Gasteiger partial charge in [-0.1, -0.05) is 13.0 Å². The molecule has 106 valence electrons. The molecule has 2 aromatic heterocycles. The fourth-order valence-electron chi connectivity index (χ4n) is 2.95. The van der Waals surface area contributed by atoms with E-state index in [1.54, 1.807) is 15.4 Å². The number of quaternary nitrogens is 1. The van der Waals surface area contributed by atoms with E-state index in [0.29, 0.717) is 0 Å². The van der Waals surface area contributed by atoms with Gasteiger partial charge in [-0.25, -0.2) is 4.98 Å². The van der Waals surface area contributed by atoms with Gasteiger partial charge in [0, 0.05) is 12.3 Å². The maximum absolute atomic E-state index is 12.2. The van der Waals surface area contributed by atoms with Crippen LogP contribution in [0.5, 0.6) is 0 Å². The lowest BCUT2D eigenvalue weighted by molar-refractivity contribution is -0.920. The molecule has 0 aromatic carbocycles. The lowest BCUT2D eigenvalue weighted by Gasteiger charge is -2.26. The number of rotatable bonds is 2. The molecular weight excluding hydrogens is 250 g/mol. The number of hydrogen-bond acceptors (Lipinski definition) is 2. The van der Waals surface area contributed by atoms with Gasteiger partial charge in [-0.05, 0) is 37.3 Å². The maximum Gasteiger partial charge on any atom is 0.258 e. The monoisotopic (exact) mass is 272 g/mol. The first kappa shape index (κ1) is 13.3. The van der Waals surface area contributed by atoms with Crippen LogP contribution in [0.15, 0.2) is 29.2 Å². The van der Waals surface area contributed by atoms with Gasteiger partial charge in [0.2, 0.25) is 0 Å². The van der Waals surface area contributed by atoms with E-state index in [-0.39, 0.29) is 5.56 Å². The van der Waals surface area contributed by atoms with Crippen molar-refractivity contribution >= 4 is 5.65 Å². The predicted octanol–water partition coefficient (Wildman–Crippen LogP) is 0.818. The molecule has 4 heteroatoms. The van der Waals surface area contributed by atoms with Gasteiger partial charge in [-0.2, -0.15) is 0 Å². The zero-order valence-electron chi connectivity index (χ0n) is 12.2. The standard InChI is InChI=1S/C16H21N3O/c1-12-5-7-18(8-6-12)11-14-9-16(20)19-10-13(2)3-4-15(19)17-14/h3-4,9-10,12H,5-8,11H2,1-2H3/p+1. The van der Waals surface area contributed by atoms with Gasteiger partial charge in [-0.3, -0.25) is 9.20 Å². The molecule has 1 saturated heterocycles. The van der Waals surface area contributed by atoms with Crippen LogP contribution < -0.4 is 10.5 Å². The molecule has 0 spiro atoms. The van der Waals surface area contributed by atoms with Gasteiger partial charge in [0.1, 0.15) is 17.9 Å². The number of fused-ring (bicyclic) bond motifs is 1. The van der Waals surface area contributed by atoms with Crippen molar-refractivity contribution in [3.05, 3.63) is 46.0 Å². The minimum atomic E-state index is 0.0264. The van der Waals surface area contributed by atoms with Gasteiger partial charge < -0.3 is 4.90 Å². The summed E-state index contributed by atoms with van der Waals surface area (Å²) in [6.45, 7) is 7.55. The van der Waals surface area contributed by atoms with Crippen LogP contribution in [0.4, 0.5) is 0 Å². The van der Waals surface area contributed by atoms with Gasteiger partial charge in [0.05, 0.1) is 13.1 Å². The molecule has 1 N–H and O–H groups in total. The number of aryl methyl sites for hydroxylation is 1. The fourth-order valence-corrected chi connectivity index (χ4v) is 2.95. The van der Waals surface area contributed by atoms with Gasteiger partial charge in [-0.15, -0.1) is 0 Å². The number of piperidine rings is 1. The van der Waals surface area contributed by atoms with Crippen LogP contribution >= 0.6 is 0 Å². The molecule has 1 aliphatic rings. The average molecular weight is 272 g/mol. The molecule has 4 nitrogen and oxygen atoms in total. The molecule has 3 rings (SSSR count). The van der Waals surface area contributed by atoms with E-state index in [0.717, 1.165) is 29.4 Å². The van der Waals surface area contributed by atoms with Gasteiger partial charge >= 0.3 is 0 Å². The maximum atomic E-state index is 12.2. The Balaban J connectivity index is 1.85. The van der Waals surface area contributed by atoms with E-state index in [9.17, 15) is 4.79 Å². The molecule has 3 heterocycles. The van der Waals surface area contributed by atoms with E-state index in [1.807, 2.05) is 25.3 Å². The summed E-state index contributed by atoms with van der Waals surface area (Å²) in [6.07, 6.45) is 4.41. The zero-order valence-corrected chi connectivity index (χ0v) is 12.2. The Labute approximate surface area is 119 Å². The Morgan fingerprint density at radius 3 is 2.85 bits per heavy atom. The van der Waals surface area contributed by atoms with Crippen molar-refractivity contribution < 1.29 is 4.90 Å². The predicted molar refractivity (Wildman–Crippen MR) is 79.0 cm³/mol. The van der Waals surface area contributed by atoms with Crippen molar-refractivity contribution in [2.75, 3.05) is 13.1 Å². The van der Waals surface area contributed by atoms with E-state index in [2.05, 4.69) is 11.9 Å². The van der Waals surface area contributed by atoms with Gasteiger partial charge in [0.15, 0.2) is 0 Å². The van der Waals surface area contributed by atoms with Crippen LogP contribution in [0.2, 0.25) is 0 Å². The minimum absolute atomic E-state index is 0.0264. The molecule has 0 amide bonds. The summed E-state index contributed by atoms with van der Waals surface area (Å²) in [4.78, 5) is 18.3. The second-order valence-corrected chi connectivity index (χ2v) is 6.13. The summed E-state index contributed by atoms with van der Waals surface area (Å²) in [7, 11) is 0. The molecule has 0 atom stereocenters. The first-order chi connectivity index (χ1) is 9.61. The smallest absolute Gasteiger partial charge is 0.258 e. The van der Waals surface area contributed by atoms with E-state index in [1.165, 1.54) is 25.9 Å². The summed E-state index contributed by atoms with van der Waals surface area (Å²) in [5.74, 6) is 0.844. The molecule has 1 aliphatic heterocycles. The van der Waals surface area contributed by atoms with Crippen LogP contribution in [0.3, 0.4) is 0 Å². The largest absolute Gasteiger partial charge is 0.330 e. The summed E-state index contributed by atoms with van der Waals surface area (Å²) in [6, 6.07) is 5.62. The van der Waals surface area contributed by atoms with Crippen LogP contribution in [0.1, 0.15) is 31.0 Å². The molecule has 0 radical (unpaired) electrons. The quantitative estimate of drug-likeness (QED) is 0.879. The Hall–Kier alpha value is -1.68. The van der Waals surface area contributed by atoms with Gasteiger partial charge in [0.25, 0.3) is 5.56 Å². The zero-order chi connectivity index (χ0) is 14.1. The highest BCUT2D eigenvalue weighted by Crippen LogP contribution is 2.07. The highest BCUT2D eigenvalue weighted by molar-refractivity contribution is 5.39. The second-order valence-electron chi connectivity index (χ2n) is 6.13. The van der Waals surface area contributed by atoms with Crippen LogP contribution in [0.25, 0.3) is 5.65 Å². The van der Waals surface area contributed by atoms with Crippen molar-refractivity contribution in [2.24, 2.45) is 5.92 Å². The number of hydrogen-bond donors (Lipinski definition) is 1. The molecular formula is C16H22N3O+. The highest BCUT2D eigenvalue weighted by Gasteiger charge is 2.19. The first-order valence-electron chi connectivity index (χ1n) is 7.44. The molecule has 2 aromatic rings. The van der Waals surface area contributed by atoms with Crippen molar-refractivity contribution in [3.63, 3.8) is 0 Å². The first-order valence-corrected chi connectivity index (χ1v) is 7.44. The van der Waals surface area contributed by atoms with Crippen LogP contribution in [0, 0.1) is 12.8 Å². The van der Waals surface area contributed by atoms with Crippen LogP contribution in [-0.2, 0) is 6.54 Å². The third kappa shape index (κ3) is 2.75. The number of likely N-dealkylation sites (tertiary alicyclic amines) is 1. The Bertz CT molecular complexity index is 669. The third-order valence-corrected chi connectivity index (χ3v) is 4.27. The third-order valence-electron chi connectivity index (χ3n) is 4.27. The summed E-state index contributed by atoms with van der Waals surface area (Å²) in [5, 5.41) is 0. The Kier molecular flexibility index (Phi) is 3.57. The van der Waals surface area contributed by atoms with Crippen molar-refractivity contribution in [1.82, 2.24) is 9.38 Å². The number of pyridine rings is 1. The molecule has 1 fully saturated rings. The number of aromatic nitrogens is 2. The molecule has 0 unspecified atom stereocenters. The average Bonchev–Trinajstić information content (AvgIpc) is 2.42. The van der Waals surface area contributed by atoms with Crippen molar-refractivity contribution in [3.8, 4) is 0 Å². The molecule has 20 heavy (non-hydrogen) atoms. The second kappa shape index (κ2) is 5.37. The minimum Gasteiger partial charge on any atom is -0.330 e. The molecule has 0 aliphatic carbocycles. The van der Waals surface area contributed by atoms with E-state index >= 15 is 0 Å². The number of nitrogens with one attached hydrogen (secondary N) is 1. The van der Waals surface area contributed by atoms with Crippen LogP contribution in [-0.4, -0.2) is 22.5 Å². The Morgan fingerprint density at radius 2 is 2.10 bits per heavy atom. The van der Waals surface area contributed by atoms with Crippen molar-refractivity contribution in [2.45, 2.75) is 33.2 Å². The normalized spacial score (nSPS) is 23.1. The van der Waals surface area contributed by atoms with E-state index in [4.69, 9.17) is 0 Å². The SMILES string of the molecule is Cc1ccc2nc(C[NH+]3CCC(C)CC3)cc(=O)n2c1. The summed E-state index contributed by atoms with van der Waals surface area (Å²) >= 11 is 0. The number of nitrogens with zero attached hydrogens (tertiary/aromatic N) is 2.